The van der Waals surface area contributed by atoms with Crippen molar-refractivity contribution in [3.8, 4) is 0 Å². The number of hydrogen-bond acceptors (Lipinski definition) is 3. The van der Waals surface area contributed by atoms with Crippen LogP contribution in [-0.4, -0.2) is 36.0 Å². The Morgan fingerprint density at radius 3 is 3.00 bits per heavy atom. The van der Waals surface area contributed by atoms with Crippen molar-refractivity contribution < 1.29 is 4.79 Å². The lowest BCUT2D eigenvalue weighted by Gasteiger charge is -2.23. The highest BCUT2D eigenvalue weighted by Gasteiger charge is 2.18. The maximum atomic E-state index is 11.7. The number of carbonyl (C=O) groups is 1. The van der Waals surface area contributed by atoms with Gasteiger partial charge < -0.3 is 10.6 Å². The van der Waals surface area contributed by atoms with Crippen LogP contribution in [0, 0.1) is 0 Å². The largest absolute Gasteiger partial charge is 0.353 e. The van der Waals surface area contributed by atoms with E-state index >= 15 is 0 Å². The molecule has 0 saturated carbocycles. The molecule has 2 saturated heterocycles. The zero-order valence-corrected chi connectivity index (χ0v) is 10.7. The second-order valence-corrected chi connectivity index (χ2v) is 5.96. The molecule has 0 bridgehead atoms. The molecule has 92 valence electrons. The van der Waals surface area contributed by atoms with Gasteiger partial charge >= 0.3 is 0 Å². The predicted molar refractivity (Wildman–Crippen MR) is 68.7 cm³/mol. The van der Waals surface area contributed by atoms with Gasteiger partial charge in [-0.2, -0.15) is 11.8 Å². The van der Waals surface area contributed by atoms with Crippen LogP contribution in [0.1, 0.15) is 38.5 Å². The molecule has 0 aliphatic carbocycles. The molecule has 4 heteroatoms. The third kappa shape index (κ3) is 3.98. The topological polar surface area (TPSA) is 41.1 Å². The Morgan fingerprint density at radius 2 is 2.31 bits per heavy atom. The molecule has 16 heavy (non-hydrogen) atoms. The second kappa shape index (κ2) is 6.50. The van der Waals surface area contributed by atoms with Gasteiger partial charge in [0, 0.05) is 24.3 Å². The fraction of sp³-hybridized carbons (Fsp3) is 0.917. The van der Waals surface area contributed by atoms with Crippen LogP contribution in [-0.2, 0) is 4.79 Å². The van der Waals surface area contributed by atoms with Gasteiger partial charge in [0.15, 0.2) is 0 Å². The minimum absolute atomic E-state index is 0.250. The van der Waals surface area contributed by atoms with Crippen LogP contribution in [0.2, 0.25) is 0 Å². The molecule has 2 aliphatic heterocycles. The van der Waals surface area contributed by atoms with E-state index in [0.717, 1.165) is 25.1 Å². The molecule has 0 radical (unpaired) electrons. The van der Waals surface area contributed by atoms with E-state index in [1.165, 1.54) is 25.0 Å². The van der Waals surface area contributed by atoms with Crippen LogP contribution in [0.15, 0.2) is 0 Å². The number of hydrogen-bond donors (Lipinski definition) is 2. The number of amides is 1. The zero-order valence-electron chi connectivity index (χ0n) is 9.84. The Kier molecular flexibility index (Phi) is 4.97. The smallest absolute Gasteiger partial charge is 0.220 e. The predicted octanol–water partition coefficient (Wildman–Crippen LogP) is 1.53. The van der Waals surface area contributed by atoms with Crippen LogP contribution in [0.4, 0.5) is 0 Å². The maximum absolute atomic E-state index is 11.7. The van der Waals surface area contributed by atoms with Gasteiger partial charge in [0.25, 0.3) is 0 Å². The molecule has 0 aromatic heterocycles. The van der Waals surface area contributed by atoms with Gasteiger partial charge in [-0.15, -0.1) is 0 Å². The first-order chi connectivity index (χ1) is 7.84. The molecule has 2 unspecified atom stereocenters. The molecule has 2 N–H and O–H groups in total. The first-order valence-corrected chi connectivity index (χ1v) is 7.60. The first-order valence-electron chi connectivity index (χ1n) is 6.45. The van der Waals surface area contributed by atoms with E-state index in [1.807, 2.05) is 11.8 Å². The number of nitrogens with one attached hydrogen (secondary N) is 2. The first kappa shape index (κ1) is 12.2. The molecule has 2 heterocycles. The lowest BCUT2D eigenvalue weighted by atomic mass is 10.0. The van der Waals surface area contributed by atoms with Crippen molar-refractivity contribution in [2.45, 2.75) is 50.6 Å². The van der Waals surface area contributed by atoms with Crippen LogP contribution in [0.5, 0.6) is 0 Å². The quantitative estimate of drug-likeness (QED) is 0.785. The van der Waals surface area contributed by atoms with Crippen molar-refractivity contribution in [3.63, 3.8) is 0 Å². The molecule has 3 nitrogen and oxygen atoms in total. The highest BCUT2D eigenvalue weighted by molar-refractivity contribution is 7.99. The van der Waals surface area contributed by atoms with E-state index in [2.05, 4.69) is 10.6 Å². The maximum Gasteiger partial charge on any atom is 0.220 e. The summed E-state index contributed by atoms with van der Waals surface area (Å²) in [5, 5.41) is 6.61. The Labute approximate surface area is 102 Å². The van der Waals surface area contributed by atoms with E-state index in [1.54, 1.807) is 0 Å². The Bertz CT molecular complexity index is 223. The third-order valence-electron chi connectivity index (χ3n) is 3.43. The van der Waals surface area contributed by atoms with Gasteiger partial charge in [0.1, 0.15) is 0 Å². The van der Waals surface area contributed by atoms with Gasteiger partial charge in [-0.25, -0.2) is 0 Å². The van der Waals surface area contributed by atoms with Crippen molar-refractivity contribution >= 4 is 17.7 Å². The van der Waals surface area contributed by atoms with Crippen LogP contribution in [0.3, 0.4) is 0 Å². The lowest BCUT2D eigenvalue weighted by molar-refractivity contribution is -0.121. The summed E-state index contributed by atoms with van der Waals surface area (Å²) in [6.07, 6.45) is 6.70. The van der Waals surface area contributed by atoms with Crippen LogP contribution >= 0.6 is 11.8 Å². The third-order valence-corrected chi connectivity index (χ3v) is 4.59. The molecule has 0 spiro atoms. The fourth-order valence-corrected chi connectivity index (χ4v) is 3.58. The van der Waals surface area contributed by atoms with E-state index in [4.69, 9.17) is 0 Å². The molecule has 2 aliphatic rings. The van der Waals surface area contributed by atoms with E-state index in [0.29, 0.717) is 18.5 Å². The van der Waals surface area contributed by atoms with E-state index < -0.39 is 0 Å². The molecule has 0 aromatic carbocycles. The summed E-state index contributed by atoms with van der Waals surface area (Å²) in [5.41, 5.74) is 0. The summed E-state index contributed by atoms with van der Waals surface area (Å²) < 4.78 is 0. The number of carbonyl (C=O) groups excluding carboxylic acids is 1. The number of thioether (sulfide) groups is 1. The highest BCUT2D eigenvalue weighted by Crippen LogP contribution is 2.17. The van der Waals surface area contributed by atoms with Crippen molar-refractivity contribution in [2.24, 2.45) is 0 Å². The Balaban J connectivity index is 1.59. The molecular weight excluding hydrogens is 220 g/mol. The van der Waals surface area contributed by atoms with Crippen LogP contribution < -0.4 is 10.6 Å². The molecule has 2 rings (SSSR count). The minimum atomic E-state index is 0.250. The van der Waals surface area contributed by atoms with E-state index in [-0.39, 0.29) is 5.91 Å². The fourth-order valence-electron chi connectivity index (χ4n) is 2.42. The van der Waals surface area contributed by atoms with Gasteiger partial charge in [-0.1, -0.05) is 6.42 Å². The summed E-state index contributed by atoms with van der Waals surface area (Å²) >= 11 is 1.94. The van der Waals surface area contributed by atoms with Gasteiger partial charge in [-0.3, -0.25) is 4.79 Å². The van der Waals surface area contributed by atoms with Crippen molar-refractivity contribution in [1.82, 2.24) is 10.6 Å². The summed E-state index contributed by atoms with van der Waals surface area (Å²) in [6, 6.07) is 1.02. The summed E-state index contributed by atoms with van der Waals surface area (Å²) in [7, 11) is 0. The average molecular weight is 242 g/mol. The summed E-state index contributed by atoms with van der Waals surface area (Å²) in [4.78, 5) is 11.7. The average Bonchev–Trinajstić information content (AvgIpc) is 2.81. The molecule has 2 atom stereocenters. The summed E-state index contributed by atoms with van der Waals surface area (Å²) in [5.74, 6) is 2.56. The second-order valence-electron chi connectivity index (χ2n) is 4.81. The molecule has 0 aromatic rings. The monoisotopic (exact) mass is 242 g/mol. The SMILES string of the molecule is O=C(CCC1CCCCN1)NC1CCSC1. The van der Waals surface area contributed by atoms with Gasteiger partial charge in [-0.05, 0) is 38.0 Å². The normalized spacial score (nSPS) is 30.2. The van der Waals surface area contributed by atoms with Crippen molar-refractivity contribution in [1.29, 1.82) is 0 Å². The van der Waals surface area contributed by atoms with Gasteiger partial charge in [0.05, 0.1) is 0 Å². The Hall–Kier alpha value is -0.220. The van der Waals surface area contributed by atoms with Crippen molar-refractivity contribution in [2.75, 3.05) is 18.1 Å². The standard InChI is InChI=1S/C12H22N2OS/c15-12(14-11-6-8-16-9-11)5-4-10-3-1-2-7-13-10/h10-11,13H,1-9H2,(H,14,15). The van der Waals surface area contributed by atoms with Gasteiger partial charge in [0.2, 0.25) is 5.91 Å². The van der Waals surface area contributed by atoms with Crippen molar-refractivity contribution in [3.05, 3.63) is 0 Å². The van der Waals surface area contributed by atoms with E-state index in [9.17, 15) is 4.79 Å². The summed E-state index contributed by atoms with van der Waals surface area (Å²) in [6.45, 7) is 1.13. The number of piperidine rings is 1. The van der Waals surface area contributed by atoms with Crippen LogP contribution in [0.25, 0.3) is 0 Å². The zero-order chi connectivity index (χ0) is 11.2. The molecule has 1 amide bonds. The molecule has 2 fully saturated rings. The number of rotatable bonds is 4. The minimum Gasteiger partial charge on any atom is -0.353 e. The highest BCUT2D eigenvalue weighted by atomic mass is 32.2. The lowest BCUT2D eigenvalue weighted by Crippen LogP contribution is -2.38. The molecular formula is C12H22N2OS. The Morgan fingerprint density at radius 1 is 1.38 bits per heavy atom.